The Labute approximate surface area is 115 Å². The Kier molecular flexibility index (Phi) is 6.36. The first-order chi connectivity index (χ1) is 9.06. The molecule has 0 heterocycles. The Hall–Kier alpha value is -1.55. The van der Waals surface area contributed by atoms with Crippen molar-refractivity contribution in [2.45, 2.75) is 32.2 Å². The number of para-hydroxylation sites is 1. The number of nitrogens with two attached hydrogens (primary N) is 1. The Morgan fingerprint density at radius 1 is 1.37 bits per heavy atom. The van der Waals surface area contributed by atoms with Crippen molar-refractivity contribution in [3.8, 4) is 5.75 Å². The fraction of sp³-hybridized carbons (Fsp3) is 0.533. The number of rotatable bonds is 7. The van der Waals surface area contributed by atoms with Crippen molar-refractivity contribution in [3.63, 3.8) is 0 Å². The lowest BCUT2D eigenvalue weighted by atomic mass is 10.0. The van der Waals surface area contributed by atoms with Gasteiger partial charge in [0.05, 0.1) is 6.61 Å². The molecule has 0 aliphatic carbocycles. The van der Waals surface area contributed by atoms with E-state index >= 15 is 0 Å². The average molecular weight is 264 g/mol. The van der Waals surface area contributed by atoms with Gasteiger partial charge in [-0.05, 0) is 18.9 Å². The summed E-state index contributed by atoms with van der Waals surface area (Å²) in [5, 5.41) is 0. The number of carbonyl (C=O) groups is 1. The lowest BCUT2D eigenvalue weighted by Crippen LogP contribution is -2.21. The van der Waals surface area contributed by atoms with Gasteiger partial charge in [-0.15, -0.1) is 0 Å². The predicted molar refractivity (Wildman–Crippen MR) is 77.1 cm³/mol. The minimum Gasteiger partial charge on any atom is -0.493 e. The smallest absolute Gasteiger partial charge is 0.222 e. The summed E-state index contributed by atoms with van der Waals surface area (Å²) < 4.78 is 5.74. The Balaban J connectivity index is 2.47. The van der Waals surface area contributed by atoms with E-state index in [0.717, 1.165) is 17.7 Å². The first-order valence-corrected chi connectivity index (χ1v) is 6.73. The van der Waals surface area contributed by atoms with Crippen LogP contribution in [0.5, 0.6) is 5.75 Å². The third kappa shape index (κ3) is 4.91. The molecule has 0 aliphatic heterocycles. The van der Waals surface area contributed by atoms with Crippen LogP contribution in [-0.2, 0) is 4.79 Å². The Morgan fingerprint density at radius 3 is 2.68 bits per heavy atom. The number of carbonyl (C=O) groups excluding carboxylic acids is 1. The van der Waals surface area contributed by atoms with E-state index in [1.807, 2.05) is 24.3 Å². The van der Waals surface area contributed by atoms with Gasteiger partial charge in [-0.1, -0.05) is 25.1 Å². The number of amides is 1. The third-order valence-corrected chi connectivity index (χ3v) is 3.05. The van der Waals surface area contributed by atoms with Crippen molar-refractivity contribution >= 4 is 5.91 Å². The van der Waals surface area contributed by atoms with E-state index in [4.69, 9.17) is 10.5 Å². The highest BCUT2D eigenvalue weighted by Gasteiger charge is 2.10. The summed E-state index contributed by atoms with van der Waals surface area (Å²) in [4.78, 5) is 13.0. The Bertz CT molecular complexity index is 405. The maximum absolute atomic E-state index is 11.4. The van der Waals surface area contributed by atoms with Crippen molar-refractivity contribution in [1.29, 1.82) is 0 Å². The van der Waals surface area contributed by atoms with Crippen LogP contribution >= 0.6 is 0 Å². The van der Waals surface area contributed by atoms with E-state index in [1.54, 1.807) is 19.0 Å². The van der Waals surface area contributed by atoms with Gasteiger partial charge in [0.1, 0.15) is 5.75 Å². The number of hydrogen-bond acceptors (Lipinski definition) is 3. The normalized spacial score (nSPS) is 12.0. The highest BCUT2D eigenvalue weighted by molar-refractivity contribution is 5.75. The molecule has 1 aromatic rings. The summed E-state index contributed by atoms with van der Waals surface area (Å²) in [5.74, 6) is 0.955. The molecule has 0 radical (unpaired) electrons. The maximum Gasteiger partial charge on any atom is 0.222 e. The van der Waals surface area contributed by atoms with Gasteiger partial charge in [0.25, 0.3) is 0 Å². The van der Waals surface area contributed by atoms with Crippen molar-refractivity contribution < 1.29 is 9.53 Å². The second-order valence-corrected chi connectivity index (χ2v) is 4.79. The topological polar surface area (TPSA) is 55.6 Å². The van der Waals surface area contributed by atoms with Gasteiger partial charge in [-0.3, -0.25) is 4.79 Å². The molecule has 0 fully saturated rings. The highest BCUT2D eigenvalue weighted by atomic mass is 16.5. The van der Waals surface area contributed by atoms with Crippen LogP contribution in [0.2, 0.25) is 0 Å². The van der Waals surface area contributed by atoms with Crippen LogP contribution in [0.1, 0.15) is 37.8 Å². The first-order valence-electron chi connectivity index (χ1n) is 6.73. The van der Waals surface area contributed by atoms with E-state index in [9.17, 15) is 4.79 Å². The number of nitrogens with zero attached hydrogens (tertiary/aromatic N) is 1. The van der Waals surface area contributed by atoms with Crippen LogP contribution in [0.25, 0.3) is 0 Å². The molecule has 4 heteroatoms. The summed E-state index contributed by atoms with van der Waals surface area (Å²) in [6, 6.07) is 7.83. The third-order valence-electron chi connectivity index (χ3n) is 3.05. The second-order valence-electron chi connectivity index (χ2n) is 4.79. The zero-order chi connectivity index (χ0) is 14.3. The molecule has 0 aliphatic rings. The van der Waals surface area contributed by atoms with E-state index < -0.39 is 0 Å². The van der Waals surface area contributed by atoms with E-state index in [2.05, 4.69) is 6.92 Å². The molecule has 1 aromatic carbocycles. The van der Waals surface area contributed by atoms with Crippen LogP contribution in [0, 0.1) is 0 Å². The number of ether oxygens (including phenoxy) is 1. The summed E-state index contributed by atoms with van der Waals surface area (Å²) in [5.41, 5.74) is 7.08. The van der Waals surface area contributed by atoms with Gasteiger partial charge >= 0.3 is 0 Å². The van der Waals surface area contributed by atoms with Crippen LogP contribution in [0.3, 0.4) is 0 Å². The number of hydrogen-bond donors (Lipinski definition) is 1. The molecule has 0 aromatic heterocycles. The van der Waals surface area contributed by atoms with Gasteiger partial charge in [0.2, 0.25) is 5.91 Å². The van der Waals surface area contributed by atoms with Crippen LogP contribution < -0.4 is 10.5 Å². The summed E-state index contributed by atoms with van der Waals surface area (Å²) in [6.07, 6.45) is 2.10. The van der Waals surface area contributed by atoms with Crippen LogP contribution in [0.15, 0.2) is 24.3 Å². The number of benzene rings is 1. The standard InChI is InChI=1S/C15H24N2O2/c1-4-13(16)12-8-5-6-9-14(12)19-11-7-10-15(18)17(2)3/h5-6,8-9,13H,4,7,10-11,16H2,1-3H3/t13-/m1/s1. The average Bonchev–Trinajstić information content (AvgIpc) is 2.42. The molecule has 4 nitrogen and oxygen atoms in total. The zero-order valence-electron chi connectivity index (χ0n) is 12.1. The van der Waals surface area contributed by atoms with Gasteiger partial charge in [-0.2, -0.15) is 0 Å². The molecular weight excluding hydrogens is 240 g/mol. The molecule has 1 atom stereocenters. The van der Waals surface area contributed by atoms with Crippen molar-refractivity contribution in [2.24, 2.45) is 5.73 Å². The molecule has 0 saturated carbocycles. The minimum atomic E-state index is -0.000364. The molecule has 1 amide bonds. The van der Waals surface area contributed by atoms with Crippen molar-refractivity contribution in [1.82, 2.24) is 4.90 Å². The monoisotopic (exact) mass is 264 g/mol. The molecule has 1 rings (SSSR count). The lowest BCUT2D eigenvalue weighted by Gasteiger charge is -2.16. The van der Waals surface area contributed by atoms with Crippen molar-refractivity contribution in [3.05, 3.63) is 29.8 Å². The summed E-state index contributed by atoms with van der Waals surface area (Å²) in [7, 11) is 3.53. The quantitative estimate of drug-likeness (QED) is 0.769. The maximum atomic E-state index is 11.4. The molecule has 0 spiro atoms. The molecule has 2 N–H and O–H groups in total. The molecule has 0 unspecified atom stereocenters. The first kappa shape index (κ1) is 15.5. The summed E-state index contributed by atoms with van der Waals surface area (Å²) >= 11 is 0. The molecule has 106 valence electrons. The minimum absolute atomic E-state index is 0.000364. The molecular formula is C15H24N2O2. The highest BCUT2D eigenvalue weighted by Crippen LogP contribution is 2.25. The van der Waals surface area contributed by atoms with Crippen LogP contribution in [-0.4, -0.2) is 31.5 Å². The molecule has 0 bridgehead atoms. The lowest BCUT2D eigenvalue weighted by molar-refractivity contribution is -0.128. The largest absolute Gasteiger partial charge is 0.493 e. The van der Waals surface area contributed by atoms with Crippen molar-refractivity contribution in [2.75, 3.05) is 20.7 Å². The molecule has 0 saturated heterocycles. The van der Waals surface area contributed by atoms with E-state index in [1.165, 1.54) is 0 Å². The fourth-order valence-corrected chi connectivity index (χ4v) is 1.77. The molecule has 19 heavy (non-hydrogen) atoms. The zero-order valence-corrected chi connectivity index (χ0v) is 12.1. The Morgan fingerprint density at radius 2 is 2.05 bits per heavy atom. The predicted octanol–water partition coefficient (Wildman–Crippen LogP) is 2.34. The van der Waals surface area contributed by atoms with Crippen LogP contribution in [0.4, 0.5) is 0 Å². The van der Waals surface area contributed by atoms with E-state index in [-0.39, 0.29) is 11.9 Å². The van der Waals surface area contributed by atoms with Gasteiger partial charge in [0.15, 0.2) is 0 Å². The fourth-order valence-electron chi connectivity index (χ4n) is 1.77. The van der Waals surface area contributed by atoms with Gasteiger partial charge in [-0.25, -0.2) is 0 Å². The second kappa shape index (κ2) is 7.79. The SMILES string of the molecule is CC[C@@H](N)c1ccccc1OCCCC(=O)N(C)C. The van der Waals surface area contributed by atoms with E-state index in [0.29, 0.717) is 19.4 Å². The van der Waals surface area contributed by atoms with Gasteiger partial charge in [0, 0.05) is 32.1 Å². The summed E-state index contributed by atoms with van der Waals surface area (Å²) in [6.45, 7) is 2.59. The van der Waals surface area contributed by atoms with Gasteiger partial charge < -0.3 is 15.4 Å².